The van der Waals surface area contributed by atoms with Gasteiger partial charge < -0.3 is 10.2 Å². The van der Waals surface area contributed by atoms with E-state index < -0.39 is 18.4 Å². The Labute approximate surface area is 141 Å². The molecule has 0 unspecified atom stereocenters. The zero-order valence-corrected chi connectivity index (χ0v) is 14.7. The standard InChI is InChI=1S/C16H32.C3H4O4/c1-2-4-6-8-10-12-14-16-15-13-11-9-7-5-3-1;4-2(5)1-3(6)7/h1-16H2;1H2,(H,4,5)(H,6,7). The average molecular weight is 328 g/mol. The van der Waals surface area contributed by atoms with Gasteiger partial charge in [0.05, 0.1) is 0 Å². The molecule has 4 nitrogen and oxygen atoms in total. The maximum Gasteiger partial charge on any atom is 0.314 e. The summed E-state index contributed by atoms with van der Waals surface area (Å²) < 4.78 is 0. The first-order chi connectivity index (χ1) is 11.1. The van der Waals surface area contributed by atoms with Gasteiger partial charge in [0.25, 0.3) is 0 Å². The fourth-order valence-electron chi connectivity index (χ4n) is 2.96. The highest BCUT2D eigenvalue weighted by Gasteiger charge is 2.01. The van der Waals surface area contributed by atoms with Crippen LogP contribution < -0.4 is 0 Å². The van der Waals surface area contributed by atoms with Crippen LogP contribution in [0.15, 0.2) is 0 Å². The molecular weight excluding hydrogens is 292 g/mol. The first kappa shape index (κ1) is 21.9. The molecule has 1 saturated carbocycles. The Balaban J connectivity index is 0.000000585. The van der Waals surface area contributed by atoms with E-state index in [0.717, 1.165) is 0 Å². The first-order valence-electron chi connectivity index (χ1n) is 9.56. The van der Waals surface area contributed by atoms with Gasteiger partial charge in [-0.3, -0.25) is 9.59 Å². The Morgan fingerprint density at radius 2 is 0.565 bits per heavy atom. The summed E-state index contributed by atoms with van der Waals surface area (Å²) in [5.41, 5.74) is 0. The van der Waals surface area contributed by atoms with E-state index in [-0.39, 0.29) is 0 Å². The number of carboxylic acid groups (broad SMARTS) is 2. The molecule has 1 fully saturated rings. The molecule has 0 amide bonds. The lowest BCUT2D eigenvalue weighted by Gasteiger charge is -2.05. The normalized spacial score (nSPS) is 19.1. The second-order valence-electron chi connectivity index (χ2n) is 6.62. The number of aliphatic carboxylic acids is 2. The van der Waals surface area contributed by atoms with Crippen molar-refractivity contribution in [2.24, 2.45) is 0 Å². The van der Waals surface area contributed by atoms with Crippen LogP contribution in [0.2, 0.25) is 0 Å². The van der Waals surface area contributed by atoms with Gasteiger partial charge in [-0.25, -0.2) is 0 Å². The van der Waals surface area contributed by atoms with Crippen molar-refractivity contribution < 1.29 is 19.8 Å². The first-order valence-corrected chi connectivity index (χ1v) is 9.56. The van der Waals surface area contributed by atoms with E-state index in [0.29, 0.717) is 0 Å². The number of carbonyl (C=O) groups is 2. The van der Waals surface area contributed by atoms with Crippen molar-refractivity contribution >= 4 is 11.9 Å². The molecule has 0 aromatic carbocycles. The van der Waals surface area contributed by atoms with E-state index >= 15 is 0 Å². The zero-order chi connectivity index (χ0) is 17.2. The average Bonchev–Trinajstić information content (AvgIpc) is 2.46. The molecule has 0 aromatic rings. The van der Waals surface area contributed by atoms with Crippen LogP contribution in [0.4, 0.5) is 0 Å². The quantitative estimate of drug-likeness (QED) is 0.629. The summed E-state index contributed by atoms with van der Waals surface area (Å²) >= 11 is 0. The van der Waals surface area contributed by atoms with Gasteiger partial charge in [-0.1, -0.05) is 103 Å². The molecule has 0 saturated heterocycles. The summed E-state index contributed by atoms with van der Waals surface area (Å²) in [6, 6.07) is 0. The maximum absolute atomic E-state index is 9.43. The van der Waals surface area contributed by atoms with Gasteiger partial charge in [0, 0.05) is 0 Å². The summed E-state index contributed by atoms with van der Waals surface area (Å²) in [7, 11) is 0. The molecule has 0 heterocycles. The van der Waals surface area contributed by atoms with E-state index in [1.807, 2.05) is 0 Å². The second-order valence-corrected chi connectivity index (χ2v) is 6.62. The van der Waals surface area contributed by atoms with E-state index in [2.05, 4.69) is 0 Å². The number of carboxylic acids is 2. The van der Waals surface area contributed by atoms with Gasteiger partial charge in [-0.05, 0) is 0 Å². The van der Waals surface area contributed by atoms with Gasteiger partial charge in [-0.2, -0.15) is 0 Å². The van der Waals surface area contributed by atoms with Gasteiger partial charge in [-0.15, -0.1) is 0 Å². The SMILES string of the molecule is C1CCCCCCCCCCCCCCC1.O=C(O)CC(=O)O. The van der Waals surface area contributed by atoms with Gasteiger partial charge >= 0.3 is 11.9 Å². The summed E-state index contributed by atoms with van der Waals surface area (Å²) in [5.74, 6) is -2.62. The molecule has 136 valence electrons. The van der Waals surface area contributed by atoms with E-state index in [4.69, 9.17) is 10.2 Å². The predicted octanol–water partition coefficient (Wildman–Crippen LogP) is 5.79. The highest BCUT2D eigenvalue weighted by Crippen LogP contribution is 2.16. The van der Waals surface area contributed by atoms with Crippen LogP contribution in [0.25, 0.3) is 0 Å². The van der Waals surface area contributed by atoms with Crippen molar-refractivity contribution in [1.82, 2.24) is 0 Å². The van der Waals surface area contributed by atoms with Crippen molar-refractivity contribution in [3.8, 4) is 0 Å². The van der Waals surface area contributed by atoms with E-state index in [1.165, 1.54) is 103 Å². The van der Waals surface area contributed by atoms with Crippen molar-refractivity contribution in [2.75, 3.05) is 0 Å². The number of rotatable bonds is 2. The molecule has 0 atom stereocenters. The van der Waals surface area contributed by atoms with Crippen LogP contribution in [-0.4, -0.2) is 22.2 Å². The summed E-state index contributed by atoms with van der Waals surface area (Å²) in [5, 5.41) is 15.4. The molecule has 1 aliphatic rings. The smallest absolute Gasteiger partial charge is 0.314 e. The van der Waals surface area contributed by atoms with Crippen molar-refractivity contribution in [2.45, 2.75) is 109 Å². The molecule has 1 rings (SSSR count). The zero-order valence-electron chi connectivity index (χ0n) is 14.7. The Bertz CT molecular complexity index is 213. The Kier molecular flexibility index (Phi) is 16.5. The molecule has 0 bridgehead atoms. The Hall–Kier alpha value is -1.06. The van der Waals surface area contributed by atoms with Crippen molar-refractivity contribution in [1.29, 1.82) is 0 Å². The minimum absolute atomic E-state index is 0.806. The lowest BCUT2D eigenvalue weighted by molar-refractivity contribution is -0.147. The fraction of sp³-hybridized carbons (Fsp3) is 0.895. The van der Waals surface area contributed by atoms with Crippen LogP contribution in [0.5, 0.6) is 0 Å². The van der Waals surface area contributed by atoms with Gasteiger partial charge in [0.1, 0.15) is 6.42 Å². The summed E-state index contributed by atoms with van der Waals surface area (Å²) in [6.07, 6.45) is 23.2. The molecule has 1 aliphatic carbocycles. The van der Waals surface area contributed by atoms with E-state index in [9.17, 15) is 9.59 Å². The second kappa shape index (κ2) is 17.3. The van der Waals surface area contributed by atoms with Gasteiger partial charge in [0.2, 0.25) is 0 Å². The van der Waals surface area contributed by atoms with Crippen LogP contribution >= 0.6 is 0 Å². The Morgan fingerprint density at radius 3 is 0.609 bits per heavy atom. The van der Waals surface area contributed by atoms with Crippen LogP contribution in [0.1, 0.15) is 109 Å². The number of hydrogen-bond donors (Lipinski definition) is 2. The molecule has 4 heteroatoms. The molecular formula is C19H36O4. The third kappa shape index (κ3) is 20.9. The summed E-state index contributed by atoms with van der Waals surface area (Å²) in [4.78, 5) is 18.9. The minimum Gasteiger partial charge on any atom is -0.481 e. The van der Waals surface area contributed by atoms with Gasteiger partial charge in [0.15, 0.2) is 0 Å². The lowest BCUT2D eigenvalue weighted by atomic mass is 10.0. The third-order valence-corrected chi connectivity index (χ3v) is 4.30. The topological polar surface area (TPSA) is 74.6 Å². The molecule has 0 aromatic heterocycles. The molecule has 0 aliphatic heterocycles. The molecule has 0 radical (unpaired) electrons. The summed E-state index contributed by atoms with van der Waals surface area (Å²) in [6.45, 7) is 0. The van der Waals surface area contributed by atoms with Crippen LogP contribution in [0, 0.1) is 0 Å². The lowest BCUT2D eigenvalue weighted by Crippen LogP contribution is -2.03. The Morgan fingerprint density at radius 1 is 0.435 bits per heavy atom. The maximum atomic E-state index is 9.43. The monoisotopic (exact) mass is 328 g/mol. The highest BCUT2D eigenvalue weighted by molar-refractivity contribution is 5.88. The molecule has 23 heavy (non-hydrogen) atoms. The van der Waals surface area contributed by atoms with Crippen LogP contribution in [-0.2, 0) is 9.59 Å². The van der Waals surface area contributed by atoms with E-state index in [1.54, 1.807) is 0 Å². The van der Waals surface area contributed by atoms with Crippen molar-refractivity contribution in [3.63, 3.8) is 0 Å². The molecule has 2 N–H and O–H groups in total. The minimum atomic E-state index is -1.31. The predicted molar refractivity (Wildman–Crippen MR) is 93.8 cm³/mol. The third-order valence-electron chi connectivity index (χ3n) is 4.30. The molecule has 0 spiro atoms. The van der Waals surface area contributed by atoms with Crippen molar-refractivity contribution in [3.05, 3.63) is 0 Å². The fourth-order valence-corrected chi connectivity index (χ4v) is 2.96. The highest BCUT2D eigenvalue weighted by atomic mass is 16.4. The largest absolute Gasteiger partial charge is 0.481 e. The number of hydrogen-bond acceptors (Lipinski definition) is 2. The van der Waals surface area contributed by atoms with Crippen LogP contribution in [0.3, 0.4) is 0 Å².